The molecule has 0 unspecified atom stereocenters. The normalized spacial score (nSPS) is 15.4. The summed E-state index contributed by atoms with van der Waals surface area (Å²) in [5.41, 5.74) is 1.67. The van der Waals surface area contributed by atoms with Crippen LogP contribution in [0.3, 0.4) is 0 Å². The summed E-state index contributed by atoms with van der Waals surface area (Å²) in [5.74, 6) is -0.0409. The van der Waals surface area contributed by atoms with Crippen molar-refractivity contribution in [1.29, 1.82) is 0 Å². The van der Waals surface area contributed by atoms with Crippen molar-refractivity contribution in [3.05, 3.63) is 59.9 Å². The molecule has 5 nitrogen and oxygen atoms in total. The molecule has 0 atom stereocenters. The number of piperazine rings is 1. The number of carbonyl (C=O) groups excluding carboxylic acids is 1. The van der Waals surface area contributed by atoms with Gasteiger partial charge in [0.05, 0.1) is 0 Å². The molecule has 7 heteroatoms. The van der Waals surface area contributed by atoms with Crippen LogP contribution in [0.2, 0.25) is 0 Å². The summed E-state index contributed by atoms with van der Waals surface area (Å²) in [5, 5.41) is 0. The molecule has 1 amide bonds. The van der Waals surface area contributed by atoms with Gasteiger partial charge in [0.2, 0.25) is 0 Å². The van der Waals surface area contributed by atoms with E-state index in [4.69, 9.17) is 0 Å². The number of hydrogen-bond donors (Lipinski definition) is 0. The quantitative estimate of drug-likeness (QED) is 0.834. The number of aromatic nitrogens is 1. The molecule has 2 aromatic rings. The number of ether oxygens (including phenoxy) is 1. The fourth-order valence-corrected chi connectivity index (χ4v) is 2.82. The van der Waals surface area contributed by atoms with Crippen molar-refractivity contribution >= 4 is 5.91 Å². The van der Waals surface area contributed by atoms with Crippen molar-refractivity contribution in [3.63, 3.8) is 0 Å². The highest BCUT2D eigenvalue weighted by Gasteiger charge is 2.22. The maximum atomic E-state index is 12.5. The van der Waals surface area contributed by atoms with Crippen LogP contribution in [0.15, 0.2) is 48.8 Å². The first-order valence-corrected chi connectivity index (χ1v) is 8.07. The number of nitrogens with zero attached hydrogens (tertiary/aromatic N) is 3. The molecule has 1 saturated heterocycles. The number of benzene rings is 1. The Hall–Kier alpha value is -2.54. The average molecular weight is 347 g/mol. The summed E-state index contributed by atoms with van der Waals surface area (Å²) in [6.45, 7) is 0.833. The van der Waals surface area contributed by atoms with E-state index in [1.54, 1.807) is 17.3 Å². The highest BCUT2D eigenvalue weighted by molar-refractivity contribution is 5.94. The number of pyridine rings is 1. The molecule has 25 heavy (non-hydrogen) atoms. The van der Waals surface area contributed by atoms with Crippen LogP contribution in [-0.4, -0.2) is 53.5 Å². The van der Waals surface area contributed by atoms with Crippen molar-refractivity contribution in [2.24, 2.45) is 0 Å². The van der Waals surface area contributed by atoms with E-state index in [0.717, 1.165) is 19.6 Å². The van der Waals surface area contributed by atoms with Gasteiger partial charge in [-0.3, -0.25) is 14.7 Å². The lowest BCUT2D eigenvalue weighted by Gasteiger charge is -2.34. The molecule has 0 bridgehead atoms. The zero-order valence-electron chi connectivity index (χ0n) is 13.6. The molecule has 0 radical (unpaired) electrons. The highest BCUT2D eigenvalue weighted by Crippen LogP contribution is 2.17. The van der Waals surface area contributed by atoms with Gasteiger partial charge in [0.1, 0.15) is 5.75 Å². The van der Waals surface area contributed by atoms with Crippen LogP contribution >= 0.6 is 0 Å². The summed E-state index contributed by atoms with van der Waals surface area (Å²) in [4.78, 5) is 20.6. The van der Waals surface area contributed by atoms with Gasteiger partial charge in [0, 0.05) is 50.7 Å². The Morgan fingerprint density at radius 2 is 1.68 bits per heavy atom. The third kappa shape index (κ3) is 4.73. The monoisotopic (exact) mass is 347 g/mol. The Morgan fingerprint density at radius 3 is 2.28 bits per heavy atom. The van der Waals surface area contributed by atoms with E-state index in [1.165, 1.54) is 29.8 Å². The average Bonchev–Trinajstić information content (AvgIpc) is 2.63. The van der Waals surface area contributed by atoms with E-state index in [0.29, 0.717) is 18.7 Å². The molecule has 1 fully saturated rings. The second-order valence-electron chi connectivity index (χ2n) is 5.83. The minimum Gasteiger partial charge on any atom is -0.435 e. The molecule has 0 spiro atoms. The topological polar surface area (TPSA) is 45.7 Å². The SMILES string of the molecule is O=C(c1ccc(OC(F)F)cc1)N1CCN(Cc2ccncc2)CC1. The van der Waals surface area contributed by atoms with Crippen molar-refractivity contribution in [2.75, 3.05) is 26.2 Å². The van der Waals surface area contributed by atoms with Crippen molar-refractivity contribution < 1.29 is 18.3 Å². The fourth-order valence-electron chi connectivity index (χ4n) is 2.82. The van der Waals surface area contributed by atoms with Crippen LogP contribution in [0.1, 0.15) is 15.9 Å². The number of amides is 1. The smallest absolute Gasteiger partial charge is 0.387 e. The van der Waals surface area contributed by atoms with Crippen molar-refractivity contribution in [1.82, 2.24) is 14.8 Å². The molecule has 0 aliphatic carbocycles. The number of rotatable bonds is 5. The summed E-state index contributed by atoms with van der Waals surface area (Å²) >= 11 is 0. The third-order valence-corrected chi connectivity index (χ3v) is 4.14. The maximum Gasteiger partial charge on any atom is 0.387 e. The number of carbonyl (C=O) groups is 1. The number of halogens is 2. The van der Waals surface area contributed by atoms with Gasteiger partial charge in [-0.15, -0.1) is 0 Å². The minimum absolute atomic E-state index is 0.0497. The first-order chi connectivity index (χ1) is 12.1. The Bertz CT molecular complexity index is 687. The van der Waals surface area contributed by atoms with Crippen LogP contribution in [0.5, 0.6) is 5.75 Å². The Labute approximate surface area is 144 Å². The molecule has 132 valence electrons. The molecule has 1 aliphatic heterocycles. The predicted molar refractivity (Wildman–Crippen MR) is 88.5 cm³/mol. The van der Waals surface area contributed by atoms with Gasteiger partial charge in [-0.1, -0.05) is 0 Å². The maximum absolute atomic E-state index is 12.5. The Balaban J connectivity index is 1.52. The van der Waals surface area contributed by atoms with Gasteiger partial charge in [0.25, 0.3) is 5.91 Å². The molecular weight excluding hydrogens is 328 g/mol. The van der Waals surface area contributed by atoms with Crippen LogP contribution < -0.4 is 4.74 Å². The van der Waals surface area contributed by atoms with Crippen molar-refractivity contribution in [3.8, 4) is 5.75 Å². The lowest BCUT2D eigenvalue weighted by atomic mass is 10.1. The molecular formula is C18H19F2N3O2. The van der Waals surface area contributed by atoms with Crippen LogP contribution in [0, 0.1) is 0 Å². The first-order valence-electron chi connectivity index (χ1n) is 8.07. The molecule has 1 aromatic carbocycles. The van der Waals surface area contributed by atoms with Gasteiger partial charge < -0.3 is 9.64 Å². The summed E-state index contributed by atoms with van der Waals surface area (Å²) in [6, 6.07) is 9.78. The van der Waals surface area contributed by atoms with Crippen LogP contribution in [0.4, 0.5) is 8.78 Å². The zero-order chi connectivity index (χ0) is 17.6. The molecule has 1 aromatic heterocycles. The standard InChI is InChI=1S/C18H19F2N3O2/c19-18(20)25-16-3-1-15(2-4-16)17(24)23-11-9-22(10-12-23)13-14-5-7-21-8-6-14/h1-8,18H,9-13H2. The van der Waals surface area contributed by atoms with Gasteiger partial charge in [0.15, 0.2) is 0 Å². The van der Waals surface area contributed by atoms with Crippen LogP contribution in [-0.2, 0) is 6.54 Å². The minimum atomic E-state index is -2.87. The zero-order valence-corrected chi connectivity index (χ0v) is 13.6. The van der Waals surface area contributed by atoms with E-state index in [9.17, 15) is 13.6 Å². The van der Waals surface area contributed by atoms with E-state index in [-0.39, 0.29) is 11.7 Å². The second kappa shape index (κ2) is 8.02. The highest BCUT2D eigenvalue weighted by atomic mass is 19.3. The molecule has 3 rings (SSSR count). The molecule has 2 heterocycles. The van der Waals surface area contributed by atoms with E-state index >= 15 is 0 Å². The summed E-state index contributed by atoms with van der Waals surface area (Å²) < 4.78 is 28.6. The van der Waals surface area contributed by atoms with Gasteiger partial charge in [-0.05, 0) is 42.0 Å². The molecule has 0 saturated carbocycles. The summed E-state index contributed by atoms with van der Waals surface area (Å²) in [6.07, 6.45) is 3.55. The molecule has 0 N–H and O–H groups in total. The van der Waals surface area contributed by atoms with E-state index in [2.05, 4.69) is 14.6 Å². The van der Waals surface area contributed by atoms with Gasteiger partial charge in [-0.2, -0.15) is 8.78 Å². The fraction of sp³-hybridized carbons (Fsp3) is 0.333. The Morgan fingerprint density at radius 1 is 1.04 bits per heavy atom. The summed E-state index contributed by atoms with van der Waals surface area (Å²) in [7, 11) is 0. The van der Waals surface area contributed by atoms with Gasteiger partial charge >= 0.3 is 6.61 Å². The second-order valence-corrected chi connectivity index (χ2v) is 5.83. The Kier molecular flexibility index (Phi) is 5.55. The largest absolute Gasteiger partial charge is 0.435 e. The van der Waals surface area contributed by atoms with E-state index < -0.39 is 6.61 Å². The third-order valence-electron chi connectivity index (χ3n) is 4.14. The first kappa shape index (κ1) is 17.3. The van der Waals surface area contributed by atoms with Gasteiger partial charge in [-0.25, -0.2) is 0 Å². The number of alkyl halides is 2. The van der Waals surface area contributed by atoms with E-state index in [1.807, 2.05) is 12.1 Å². The van der Waals surface area contributed by atoms with Crippen molar-refractivity contribution in [2.45, 2.75) is 13.2 Å². The lowest BCUT2D eigenvalue weighted by molar-refractivity contribution is -0.0498. The lowest BCUT2D eigenvalue weighted by Crippen LogP contribution is -2.48. The van der Waals surface area contributed by atoms with Crippen LogP contribution in [0.25, 0.3) is 0 Å². The molecule has 1 aliphatic rings. The predicted octanol–water partition coefficient (Wildman–Crippen LogP) is 2.64. The number of hydrogen-bond acceptors (Lipinski definition) is 4.